The van der Waals surface area contributed by atoms with Gasteiger partial charge in [0.15, 0.2) is 0 Å². The minimum Gasteiger partial charge on any atom is -0.324 e. The van der Waals surface area contributed by atoms with Crippen LogP contribution in [0.5, 0.6) is 0 Å². The van der Waals surface area contributed by atoms with Crippen LogP contribution in [0, 0.1) is 20.8 Å². The number of hydrogen-bond donors (Lipinski definition) is 1. The Labute approximate surface area is 156 Å². The van der Waals surface area contributed by atoms with Crippen molar-refractivity contribution in [2.45, 2.75) is 40.2 Å². The van der Waals surface area contributed by atoms with Crippen LogP contribution in [0.3, 0.4) is 0 Å². The van der Waals surface area contributed by atoms with Crippen molar-refractivity contribution in [2.24, 2.45) is 0 Å². The molecular formula is C20H26N2O3S. The lowest BCUT2D eigenvalue weighted by molar-refractivity contribution is -0.117. The topological polar surface area (TPSA) is 66.5 Å². The van der Waals surface area contributed by atoms with E-state index >= 15 is 0 Å². The van der Waals surface area contributed by atoms with Gasteiger partial charge in [0, 0.05) is 5.69 Å². The minimum atomic E-state index is -3.63. The van der Waals surface area contributed by atoms with Gasteiger partial charge in [0.05, 0.1) is 11.9 Å². The molecule has 2 aromatic rings. The maximum atomic E-state index is 13.0. The predicted octanol–water partition coefficient (Wildman–Crippen LogP) is 3.80. The molecule has 0 fully saturated rings. The van der Waals surface area contributed by atoms with E-state index in [4.69, 9.17) is 0 Å². The Hall–Kier alpha value is -2.34. The monoisotopic (exact) mass is 374 g/mol. The zero-order valence-electron chi connectivity index (χ0n) is 15.9. The molecule has 1 amide bonds. The smallest absolute Gasteiger partial charge is 0.248 e. The predicted molar refractivity (Wildman–Crippen MR) is 107 cm³/mol. The minimum absolute atomic E-state index is 0.337. The summed E-state index contributed by atoms with van der Waals surface area (Å²) in [6.45, 7) is 7.57. The van der Waals surface area contributed by atoms with Gasteiger partial charge < -0.3 is 5.32 Å². The third-order valence-corrected chi connectivity index (χ3v) is 5.53. The molecule has 1 atom stereocenters. The molecule has 0 spiro atoms. The fourth-order valence-electron chi connectivity index (χ4n) is 2.97. The van der Waals surface area contributed by atoms with Gasteiger partial charge in [-0.3, -0.25) is 9.10 Å². The highest BCUT2D eigenvalue weighted by Gasteiger charge is 2.31. The number of anilines is 2. The third kappa shape index (κ3) is 4.43. The van der Waals surface area contributed by atoms with Crippen molar-refractivity contribution in [2.75, 3.05) is 15.9 Å². The summed E-state index contributed by atoms with van der Waals surface area (Å²) in [7, 11) is -3.63. The molecule has 2 aromatic carbocycles. The Bertz CT molecular complexity index is 870. The normalized spacial score (nSPS) is 12.5. The molecule has 0 saturated carbocycles. The second-order valence-electron chi connectivity index (χ2n) is 6.57. The molecule has 26 heavy (non-hydrogen) atoms. The van der Waals surface area contributed by atoms with E-state index in [1.165, 1.54) is 4.31 Å². The number of benzene rings is 2. The Morgan fingerprint density at radius 2 is 1.58 bits per heavy atom. The van der Waals surface area contributed by atoms with E-state index in [1.807, 2.05) is 51.1 Å². The number of rotatable bonds is 6. The maximum Gasteiger partial charge on any atom is 0.248 e. The van der Waals surface area contributed by atoms with Gasteiger partial charge in [0.25, 0.3) is 0 Å². The second kappa shape index (κ2) is 7.91. The fraction of sp³-hybridized carbons (Fsp3) is 0.350. The quantitative estimate of drug-likeness (QED) is 0.836. The number of nitrogens with one attached hydrogen (secondary N) is 1. The molecule has 0 bridgehead atoms. The van der Waals surface area contributed by atoms with Crippen molar-refractivity contribution in [1.29, 1.82) is 0 Å². The number of carbonyl (C=O) groups is 1. The molecule has 0 saturated heterocycles. The number of aryl methyl sites for hydroxylation is 3. The fourth-order valence-corrected chi connectivity index (χ4v) is 4.18. The van der Waals surface area contributed by atoms with E-state index in [0.717, 1.165) is 28.6 Å². The van der Waals surface area contributed by atoms with Crippen molar-refractivity contribution >= 4 is 27.3 Å². The summed E-state index contributed by atoms with van der Waals surface area (Å²) >= 11 is 0. The van der Waals surface area contributed by atoms with Crippen molar-refractivity contribution in [3.63, 3.8) is 0 Å². The van der Waals surface area contributed by atoms with Crippen LogP contribution in [0.4, 0.5) is 11.4 Å². The van der Waals surface area contributed by atoms with Crippen LogP contribution in [0.2, 0.25) is 0 Å². The van der Waals surface area contributed by atoms with E-state index in [-0.39, 0.29) is 5.91 Å². The van der Waals surface area contributed by atoms with Crippen molar-refractivity contribution in [3.8, 4) is 0 Å². The lowest BCUT2D eigenvalue weighted by Gasteiger charge is -2.30. The Balaban J connectivity index is 2.41. The van der Waals surface area contributed by atoms with Gasteiger partial charge in [-0.15, -0.1) is 0 Å². The Kier molecular flexibility index (Phi) is 6.08. The third-order valence-electron chi connectivity index (χ3n) is 4.35. The van der Waals surface area contributed by atoms with Crippen LogP contribution in [0.15, 0.2) is 42.5 Å². The van der Waals surface area contributed by atoms with Gasteiger partial charge in [-0.1, -0.05) is 42.8 Å². The molecule has 2 rings (SSSR count). The lowest BCUT2D eigenvalue weighted by Crippen LogP contribution is -2.47. The highest BCUT2D eigenvalue weighted by Crippen LogP contribution is 2.25. The first-order valence-corrected chi connectivity index (χ1v) is 10.4. The number of amides is 1. The average Bonchev–Trinajstić information content (AvgIpc) is 2.56. The van der Waals surface area contributed by atoms with Gasteiger partial charge in [0.2, 0.25) is 15.9 Å². The molecule has 0 aliphatic heterocycles. The summed E-state index contributed by atoms with van der Waals surface area (Å²) in [5.41, 5.74) is 4.12. The van der Waals surface area contributed by atoms with E-state index < -0.39 is 16.1 Å². The standard InChI is InChI=1S/C20H26N2O3S/c1-6-18(20(23)21-19-15(3)8-7-9-16(19)4)22(26(5,24)25)17-12-10-14(2)11-13-17/h7-13,18H,6H2,1-5H3,(H,21,23)/t18-/m1/s1. The highest BCUT2D eigenvalue weighted by molar-refractivity contribution is 7.92. The van der Waals surface area contributed by atoms with E-state index in [2.05, 4.69) is 5.32 Å². The molecule has 5 nitrogen and oxygen atoms in total. The number of nitrogens with zero attached hydrogens (tertiary/aromatic N) is 1. The summed E-state index contributed by atoms with van der Waals surface area (Å²) in [6, 6.07) is 12.1. The van der Waals surface area contributed by atoms with Gasteiger partial charge >= 0.3 is 0 Å². The zero-order valence-corrected chi connectivity index (χ0v) is 16.7. The molecule has 0 aromatic heterocycles. The number of sulfonamides is 1. The van der Waals surface area contributed by atoms with Gasteiger partial charge in [0.1, 0.15) is 6.04 Å². The van der Waals surface area contributed by atoms with Crippen molar-refractivity contribution in [3.05, 3.63) is 59.2 Å². The summed E-state index contributed by atoms with van der Waals surface area (Å²) in [5.74, 6) is -0.337. The molecule has 0 heterocycles. The largest absolute Gasteiger partial charge is 0.324 e. The number of para-hydroxylation sites is 1. The average molecular weight is 375 g/mol. The molecule has 140 valence electrons. The molecule has 1 N–H and O–H groups in total. The van der Waals surface area contributed by atoms with E-state index in [0.29, 0.717) is 12.1 Å². The Morgan fingerprint density at radius 3 is 2.04 bits per heavy atom. The van der Waals surface area contributed by atoms with E-state index in [9.17, 15) is 13.2 Å². The molecule has 6 heteroatoms. The van der Waals surface area contributed by atoms with Gasteiger partial charge in [-0.05, 0) is 50.5 Å². The maximum absolute atomic E-state index is 13.0. The van der Waals surface area contributed by atoms with Crippen LogP contribution < -0.4 is 9.62 Å². The summed E-state index contributed by atoms with van der Waals surface area (Å²) in [4.78, 5) is 13.0. The SMILES string of the molecule is CC[C@H](C(=O)Nc1c(C)cccc1C)N(c1ccc(C)cc1)S(C)(=O)=O. The van der Waals surface area contributed by atoms with Crippen LogP contribution in [0.25, 0.3) is 0 Å². The summed E-state index contributed by atoms with van der Waals surface area (Å²) in [5, 5.41) is 2.92. The lowest BCUT2D eigenvalue weighted by atomic mass is 10.1. The first kappa shape index (κ1) is 20.0. The number of carbonyl (C=O) groups excluding carboxylic acids is 1. The second-order valence-corrected chi connectivity index (χ2v) is 8.43. The highest BCUT2D eigenvalue weighted by atomic mass is 32.2. The van der Waals surface area contributed by atoms with Crippen LogP contribution in [-0.4, -0.2) is 26.6 Å². The van der Waals surface area contributed by atoms with Gasteiger partial charge in [-0.2, -0.15) is 0 Å². The summed E-state index contributed by atoms with van der Waals surface area (Å²) in [6.07, 6.45) is 1.49. The van der Waals surface area contributed by atoms with Crippen molar-refractivity contribution in [1.82, 2.24) is 0 Å². The zero-order chi connectivity index (χ0) is 19.5. The van der Waals surface area contributed by atoms with E-state index in [1.54, 1.807) is 19.1 Å². The molecule has 0 radical (unpaired) electrons. The van der Waals surface area contributed by atoms with Crippen molar-refractivity contribution < 1.29 is 13.2 Å². The molecule has 0 unspecified atom stereocenters. The van der Waals surface area contributed by atoms with Crippen LogP contribution in [-0.2, 0) is 14.8 Å². The van der Waals surface area contributed by atoms with Gasteiger partial charge in [-0.25, -0.2) is 8.42 Å². The molecule has 0 aliphatic carbocycles. The van der Waals surface area contributed by atoms with Crippen LogP contribution in [0.1, 0.15) is 30.0 Å². The van der Waals surface area contributed by atoms with Crippen LogP contribution >= 0.6 is 0 Å². The number of hydrogen-bond acceptors (Lipinski definition) is 3. The molecular weight excluding hydrogens is 348 g/mol. The summed E-state index contributed by atoms with van der Waals surface area (Å²) < 4.78 is 26.1. The molecule has 0 aliphatic rings. The first-order valence-electron chi connectivity index (χ1n) is 8.58. The Morgan fingerprint density at radius 1 is 1.04 bits per heavy atom. The first-order chi connectivity index (χ1) is 12.1.